The minimum Gasteiger partial charge on any atom is -0.322 e. The smallest absolute Gasteiger partial charge is 0.274 e. The molecule has 1 aromatic heterocycles. The highest BCUT2D eigenvalue weighted by atomic mass is 19.1. The van der Waals surface area contributed by atoms with E-state index in [4.69, 9.17) is 0 Å². The van der Waals surface area contributed by atoms with Gasteiger partial charge in [0.05, 0.1) is 0 Å². The standard InChI is InChI=1S/C19H13F2N3O2/c20-13-3-1-5-15(10-13)23-18(25)12-7-8-22-17(9-12)19(26)24-16-6-2-4-14(21)11-16/h1-11H,(H,23,25)(H,24,26). The van der Waals surface area contributed by atoms with Gasteiger partial charge < -0.3 is 10.6 Å². The second-order valence-electron chi connectivity index (χ2n) is 5.36. The summed E-state index contributed by atoms with van der Waals surface area (Å²) >= 11 is 0. The fraction of sp³-hybridized carbons (Fsp3) is 0. The SMILES string of the molecule is O=C(Nc1cccc(F)c1)c1ccnc(C(=O)Nc2cccc(F)c2)c1. The summed E-state index contributed by atoms with van der Waals surface area (Å²) in [6, 6.07) is 13.6. The molecule has 26 heavy (non-hydrogen) atoms. The van der Waals surface area contributed by atoms with Crippen molar-refractivity contribution in [1.29, 1.82) is 0 Å². The molecular weight excluding hydrogens is 340 g/mol. The highest BCUT2D eigenvalue weighted by Gasteiger charge is 2.13. The molecule has 0 atom stereocenters. The number of carbonyl (C=O) groups excluding carboxylic acids is 2. The van der Waals surface area contributed by atoms with E-state index in [1.165, 1.54) is 60.8 Å². The Bertz CT molecular complexity index is 902. The maximum atomic E-state index is 13.2. The second kappa shape index (κ2) is 7.52. The Hall–Kier alpha value is -3.61. The molecule has 3 aromatic rings. The van der Waals surface area contributed by atoms with Crippen LogP contribution in [0.15, 0.2) is 66.9 Å². The van der Waals surface area contributed by atoms with Crippen molar-refractivity contribution in [3.05, 3.63) is 89.8 Å². The minimum absolute atomic E-state index is 0.0128. The molecule has 0 bridgehead atoms. The molecule has 0 spiro atoms. The fourth-order valence-electron chi connectivity index (χ4n) is 2.23. The first-order valence-electron chi connectivity index (χ1n) is 7.61. The molecule has 3 rings (SSSR count). The summed E-state index contributed by atoms with van der Waals surface area (Å²) in [6.45, 7) is 0. The summed E-state index contributed by atoms with van der Waals surface area (Å²) in [7, 11) is 0. The molecule has 0 unspecified atom stereocenters. The van der Waals surface area contributed by atoms with E-state index in [2.05, 4.69) is 15.6 Å². The molecule has 2 amide bonds. The summed E-state index contributed by atoms with van der Waals surface area (Å²) in [6.07, 6.45) is 1.31. The number of benzene rings is 2. The molecule has 0 saturated heterocycles. The number of hydrogen-bond donors (Lipinski definition) is 2. The Morgan fingerprint density at radius 3 is 1.92 bits per heavy atom. The molecule has 0 aliphatic carbocycles. The summed E-state index contributed by atoms with van der Waals surface area (Å²) in [5, 5.41) is 5.03. The fourth-order valence-corrected chi connectivity index (χ4v) is 2.23. The number of nitrogens with zero attached hydrogens (tertiary/aromatic N) is 1. The topological polar surface area (TPSA) is 71.1 Å². The number of rotatable bonds is 4. The first-order chi connectivity index (χ1) is 12.5. The quantitative estimate of drug-likeness (QED) is 0.748. The van der Waals surface area contributed by atoms with Crippen LogP contribution in [0, 0.1) is 11.6 Å². The molecule has 0 saturated carbocycles. The van der Waals surface area contributed by atoms with Gasteiger partial charge in [-0.05, 0) is 48.5 Å². The van der Waals surface area contributed by atoms with Crippen molar-refractivity contribution >= 4 is 23.2 Å². The Labute approximate surface area is 147 Å². The van der Waals surface area contributed by atoms with Gasteiger partial charge in [0, 0.05) is 23.1 Å². The summed E-state index contributed by atoms with van der Waals surface area (Å²) in [5.74, 6) is -2.07. The molecule has 2 aromatic carbocycles. The lowest BCUT2D eigenvalue weighted by Crippen LogP contribution is -2.17. The van der Waals surface area contributed by atoms with E-state index in [-0.39, 0.29) is 22.6 Å². The van der Waals surface area contributed by atoms with Crippen molar-refractivity contribution in [3.8, 4) is 0 Å². The molecular formula is C19H13F2N3O2. The monoisotopic (exact) mass is 353 g/mol. The Balaban J connectivity index is 1.75. The van der Waals surface area contributed by atoms with E-state index >= 15 is 0 Å². The van der Waals surface area contributed by atoms with Crippen molar-refractivity contribution in [2.75, 3.05) is 10.6 Å². The first-order valence-corrected chi connectivity index (χ1v) is 7.61. The molecule has 2 N–H and O–H groups in total. The van der Waals surface area contributed by atoms with Crippen LogP contribution < -0.4 is 10.6 Å². The molecule has 0 radical (unpaired) electrons. The largest absolute Gasteiger partial charge is 0.322 e. The summed E-state index contributed by atoms with van der Waals surface area (Å²) in [4.78, 5) is 28.4. The maximum Gasteiger partial charge on any atom is 0.274 e. The zero-order chi connectivity index (χ0) is 18.5. The van der Waals surface area contributed by atoms with Crippen molar-refractivity contribution in [2.24, 2.45) is 0 Å². The Kier molecular flexibility index (Phi) is 4.98. The van der Waals surface area contributed by atoms with Gasteiger partial charge in [-0.25, -0.2) is 8.78 Å². The van der Waals surface area contributed by atoms with E-state index in [1.54, 1.807) is 6.07 Å². The van der Waals surface area contributed by atoms with Crippen molar-refractivity contribution in [1.82, 2.24) is 4.98 Å². The average Bonchev–Trinajstić information content (AvgIpc) is 2.62. The third-order valence-electron chi connectivity index (χ3n) is 3.42. The van der Waals surface area contributed by atoms with Gasteiger partial charge in [-0.3, -0.25) is 14.6 Å². The molecule has 1 heterocycles. The lowest BCUT2D eigenvalue weighted by Gasteiger charge is -2.08. The molecule has 130 valence electrons. The van der Waals surface area contributed by atoms with Gasteiger partial charge in [0.15, 0.2) is 0 Å². The van der Waals surface area contributed by atoms with Crippen molar-refractivity contribution < 1.29 is 18.4 Å². The van der Waals surface area contributed by atoms with Crippen molar-refractivity contribution in [3.63, 3.8) is 0 Å². The van der Waals surface area contributed by atoms with Crippen LogP contribution in [-0.2, 0) is 0 Å². The van der Waals surface area contributed by atoms with E-state index < -0.39 is 23.4 Å². The lowest BCUT2D eigenvalue weighted by atomic mass is 10.2. The van der Waals surface area contributed by atoms with Gasteiger partial charge in [-0.2, -0.15) is 0 Å². The summed E-state index contributed by atoms with van der Waals surface area (Å²) in [5.41, 5.74) is 0.721. The molecule has 0 fully saturated rings. The lowest BCUT2D eigenvalue weighted by molar-refractivity contribution is 0.102. The predicted octanol–water partition coefficient (Wildman–Crippen LogP) is 3.86. The Morgan fingerprint density at radius 2 is 1.35 bits per heavy atom. The van der Waals surface area contributed by atoms with Crippen LogP contribution in [0.4, 0.5) is 20.2 Å². The van der Waals surface area contributed by atoms with E-state index in [9.17, 15) is 18.4 Å². The molecule has 5 nitrogen and oxygen atoms in total. The van der Waals surface area contributed by atoms with Gasteiger partial charge in [0.25, 0.3) is 11.8 Å². The average molecular weight is 353 g/mol. The normalized spacial score (nSPS) is 10.2. The Morgan fingerprint density at radius 1 is 0.769 bits per heavy atom. The van der Waals surface area contributed by atoms with Gasteiger partial charge in [-0.15, -0.1) is 0 Å². The summed E-state index contributed by atoms with van der Waals surface area (Å²) < 4.78 is 26.4. The van der Waals surface area contributed by atoms with E-state index in [0.29, 0.717) is 0 Å². The maximum absolute atomic E-state index is 13.2. The van der Waals surface area contributed by atoms with Crippen LogP contribution in [0.5, 0.6) is 0 Å². The number of hydrogen-bond acceptors (Lipinski definition) is 3. The number of halogens is 2. The number of nitrogens with one attached hydrogen (secondary N) is 2. The van der Waals surface area contributed by atoms with Crippen LogP contribution >= 0.6 is 0 Å². The number of aromatic nitrogens is 1. The predicted molar refractivity (Wildman–Crippen MR) is 92.9 cm³/mol. The van der Waals surface area contributed by atoms with Gasteiger partial charge >= 0.3 is 0 Å². The van der Waals surface area contributed by atoms with E-state index in [1.807, 2.05) is 0 Å². The van der Waals surface area contributed by atoms with Crippen LogP contribution in [0.2, 0.25) is 0 Å². The molecule has 0 aliphatic heterocycles. The second-order valence-corrected chi connectivity index (χ2v) is 5.36. The number of amides is 2. The number of anilines is 2. The van der Waals surface area contributed by atoms with E-state index in [0.717, 1.165) is 0 Å². The van der Waals surface area contributed by atoms with Crippen LogP contribution in [-0.4, -0.2) is 16.8 Å². The first kappa shape index (κ1) is 17.2. The number of pyridine rings is 1. The van der Waals surface area contributed by atoms with Gasteiger partial charge in [0.2, 0.25) is 0 Å². The third kappa shape index (κ3) is 4.27. The zero-order valence-electron chi connectivity index (χ0n) is 13.4. The van der Waals surface area contributed by atoms with Crippen LogP contribution in [0.25, 0.3) is 0 Å². The van der Waals surface area contributed by atoms with Gasteiger partial charge in [0.1, 0.15) is 17.3 Å². The highest BCUT2D eigenvalue weighted by molar-refractivity contribution is 6.07. The van der Waals surface area contributed by atoms with Crippen LogP contribution in [0.1, 0.15) is 20.8 Å². The highest BCUT2D eigenvalue weighted by Crippen LogP contribution is 2.13. The molecule has 0 aliphatic rings. The van der Waals surface area contributed by atoms with Crippen molar-refractivity contribution in [2.45, 2.75) is 0 Å². The molecule has 7 heteroatoms. The van der Waals surface area contributed by atoms with Crippen LogP contribution in [0.3, 0.4) is 0 Å². The number of carbonyl (C=O) groups is 2. The third-order valence-corrected chi connectivity index (χ3v) is 3.42. The van der Waals surface area contributed by atoms with Gasteiger partial charge in [-0.1, -0.05) is 12.1 Å². The zero-order valence-corrected chi connectivity index (χ0v) is 13.4. The minimum atomic E-state index is -0.587.